The Morgan fingerprint density at radius 3 is 2.58 bits per heavy atom. The molecule has 7 nitrogen and oxygen atoms in total. The van der Waals surface area contributed by atoms with E-state index in [9.17, 15) is 4.79 Å². The summed E-state index contributed by atoms with van der Waals surface area (Å²) in [6.45, 7) is 7.50. The summed E-state index contributed by atoms with van der Waals surface area (Å²) in [4.78, 5) is 23.4. The van der Waals surface area contributed by atoms with Crippen LogP contribution in [0, 0.1) is 0 Å². The van der Waals surface area contributed by atoms with Crippen LogP contribution in [0.4, 0.5) is 16.2 Å². The van der Waals surface area contributed by atoms with Crippen LogP contribution in [-0.4, -0.2) is 79.8 Å². The molecule has 0 saturated carbocycles. The van der Waals surface area contributed by atoms with E-state index in [1.807, 2.05) is 30.0 Å². The number of nitrogens with zero attached hydrogens (tertiary/aromatic N) is 4. The standard InChI is InChI=1S/C19H31N5O2/c1-4-19(24-11-13-26-14-12-24)6-9-23(10-7-19)18(25)21-16-5-8-20-15-17(16)22(2)3/h5,8,15H,4,6-7,9-14H2,1-3H3,(H,20,21,25). The van der Waals surface area contributed by atoms with Gasteiger partial charge in [-0.2, -0.15) is 0 Å². The molecule has 0 aliphatic carbocycles. The van der Waals surface area contributed by atoms with E-state index in [0.717, 1.165) is 70.0 Å². The summed E-state index contributed by atoms with van der Waals surface area (Å²) in [5.74, 6) is 0. The van der Waals surface area contributed by atoms with Crippen LogP contribution in [0.15, 0.2) is 18.5 Å². The molecular formula is C19H31N5O2. The largest absolute Gasteiger partial charge is 0.379 e. The van der Waals surface area contributed by atoms with Gasteiger partial charge < -0.3 is 19.9 Å². The van der Waals surface area contributed by atoms with E-state index >= 15 is 0 Å². The van der Waals surface area contributed by atoms with Crippen molar-refractivity contribution in [2.24, 2.45) is 0 Å². The van der Waals surface area contributed by atoms with Crippen molar-refractivity contribution in [2.75, 3.05) is 63.7 Å². The van der Waals surface area contributed by atoms with E-state index in [0.29, 0.717) is 0 Å². The van der Waals surface area contributed by atoms with Crippen molar-refractivity contribution in [2.45, 2.75) is 31.7 Å². The number of ether oxygens (including phenoxy) is 1. The maximum atomic E-state index is 12.8. The highest BCUT2D eigenvalue weighted by molar-refractivity contribution is 5.93. The molecule has 2 amide bonds. The van der Waals surface area contributed by atoms with Gasteiger partial charge in [0.1, 0.15) is 0 Å². The fourth-order valence-electron chi connectivity index (χ4n) is 4.10. The van der Waals surface area contributed by atoms with Gasteiger partial charge >= 0.3 is 6.03 Å². The normalized spacial score (nSPS) is 20.7. The average Bonchev–Trinajstić information content (AvgIpc) is 2.69. The Hall–Kier alpha value is -1.86. The summed E-state index contributed by atoms with van der Waals surface area (Å²) in [6.07, 6.45) is 6.64. The number of nitrogens with one attached hydrogen (secondary N) is 1. The summed E-state index contributed by atoms with van der Waals surface area (Å²) in [5, 5.41) is 3.06. The van der Waals surface area contributed by atoms with Gasteiger partial charge in [-0.15, -0.1) is 0 Å². The summed E-state index contributed by atoms with van der Waals surface area (Å²) in [7, 11) is 3.90. The van der Waals surface area contributed by atoms with E-state index in [-0.39, 0.29) is 11.6 Å². The highest BCUT2D eigenvalue weighted by Crippen LogP contribution is 2.33. The second-order valence-corrected chi connectivity index (χ2v) is 7.38. The number of pyridine rings is 1. The first-order valence-corrected chi connectivity index (χ1v) is 9.56. The van der Waals surface area contributed by atoms with E-state index < -0.39 is 0 Å². The number of rotatable bonds is 4. The highest BCUT2D eigenvalue weighted by Gasteiger charge is 2.39. The first kappa shape index (κ1) is 18.9. The Kier molecular flexibility index (Phi) is 5.98. The SMILES string of the molecule is CCC1(N2CCOCC2)CCN(C(=O)Nc2ccncc2N(C)C)CC1. The van der Waals surface area contributed by atoms with Gasteiger partial charge in [0, 0.05) is 52.0 Å². The maximum absolute atomic E-state index is 12.8. The number of piperidine rings is 1. The van der Waals surface area contributed by atoms with Crippen molar-refractivity contribution in [3.05, 3.63) is 18.5 Å². The van der Waals surface area contributed by atoms with Crippen molar-refractivity contribution in [3.8, 4) is 0 Å². The lowest BCUT2D eigenvalue weighted by molar-refractivity contribution is -0.0449. The highest BCUT2D eigenvalue weighted by atomic mass is 16.5. The predicted octanol–water partition coefficient (Wildman–Crippen LogP) is 2.26. The average molecular weight is 361 g/mol. The lowest BCUT2D eigenvalue weighted by atomic mass is 9.83. The molecular weight excluding hydrogens is 330 g/mol. The van der Waals surface area contributed by atoms with Crippen molar-refractivity contribution in [1.82, 2.24) is 14.8 Å². The number of morpholine rings is 1. The molecule has 0 atom stereocenters. The van der Waals surface area contributed by atoms with Crippen LogP contribution < -0.4 is 10.2 Å². The second kappa shape index (κ2) is 8.22. The number of amides is 2. The van der Waals surface area contributed by atoms with Crippen LogP contribution >= 0.6 is 0 Å². The molecule has 2 aliphatic heterocycles. The van der Waals surface area contributed by atoms with Gasteiger partial charge in [0.25, 0.3) is 0 Å². The van der Waals surface area contributed by atoms with Gasteiger partial charge in [-0.05, 0) is 25.3 Å². The molecule has 1 aromatic heterocycles. The monoisotopic (exact) mass is 361 g/mol. The summed E-state index contributed by atoms with van der Waals surface area (Å²) >= 11 is 0. The number of carbonyl (C=O) groups is 1. The molecule has 0 spiro atoms. The Balaban J connectivity index is 1.61. The lowest BCUT2D eigenvalue weighted by Gasteiger charge is -2.49. The summed E-state index contributed by atoms with van der Waals surface area (Å²) in [5.41, 5.74) is 1.93. The molecule has 0 aromatic carbocycles. The number of urea groups is 1. The first-order chi connectivity index (χ1) is 12.6. The predicted molar refractivity (Wildman–Crippen MR) is 104 cm³/mol. The minimum absolute atomic E-state index is 0.0222. The van der Waals surface area contributed by atoms with Crippen molar-refractivity contribution >= 4 is 17.4 Å². The number of anilines is 2. The van der Waals surface area contributed by atoms with E-state index in [2.05, 4.69) is 22.1 Å². The van der Waals surface area contributed by atoms with Gasteiger partial charge in [0.05, 0.1) is 30.8 Å². The molecule has 0 bridgehead atoms. The van der Waals surface area contributed by atoms with Gasteiger partial charge in [0.15, 0.2) is 0 Å². The number of carbonyl (C=O) groups excluding carboxylic acids is 1. The Labute approximate surface area is 156 Å². The van der Waals surface area contributed by atoms with Gasteiger partial charge in [0.2, 0.25) is 0 Å². The molecule has 0 unspecified atom stereocenters. The number of likely N-dealkylation sites (tertiary alicyclic amines) is 1. The molecule has 144 valence electrons. The van der Waals surface area contributed by atoms with Crippen molar-refractivity contribution < 1.29 is 9.53 Å². The molecule has 2 fully saturated rings. The Morgan fingerprint density at radius 2 is 1.96 bits per heavy atom. The molecule has 3 heterocycles. The fraction of sp³-hybridized carbons (Fsp3) is 0.684. The topological polar surface area (TPSA) is 60.9 Å². The molecule has 7 heteroatoms. The molecule has 1 N–H and O–H groups in total. The number of hydrogen-bond acceptors (Lipinski definition) is 5. The van der Waals surface area contributed by atoms with Crippen LogP contribution in [0.3, 0.4) is 0 Å². The molecule has 0 radical (unpaired) electrons. The van der Waals surface area contributed by atoms with Crippen molar-refractivity contribution in [1.29, 1.82) is 0 Å². The number of hydrogen-bond donors (Lipinski definition) is 1. The van der Waals surface area contributed by atoms with Gasteiger partial charge in [-0.1, -0.05) is 6.92 Å². The third-order valence-electron chi connectivity index (χ3n) is 5.84. The minimum atomic E-state index is -0.0222. The third kappa shape index (κ3) is 3.94. The zero-order valence-electron chi connectivity index (χ0n) is 16.2. The molecule has 2 saturated heterocycles. The fourth-order valence-corrected chi connectivity index (χ4v) is 4.10. The van der Waals surface area contributed by atoms with Crippen LogP contribution in [0.5, 0.6) is 0 Å². The van der Waals surface area contributed by atoms with Gasteiger partial charge in [-0.25, -0.2) is 4.79 Å². The van der Waals surface area contributed by atoms with E-state index in [4.69, 9.17) is 4.74 Å². The van der Waals surface area contributed by atoms with Crippen molar-refractivity contribution in [3.63, 3.8) is 0 Å². The summed E-state index contributed by atoms with van der Waals surface area (Å²) < 4.78 is 5.51. The molecule has 1 aromatic rings. The first-order valence-electron chi connectivity index (χ1n) is 9.56. The second-order valence-electron chi connectivity index (χ2n) is 7.38. The Morgan fingerprint density at radius 1 is 1.27 bits per heavy atom. The van der Waals surface area contributed by atoms with E-state index in [1.165, 1.54) is 0 Å². The van der Waals surface area contributed by atoms with Crippen LogP contribution in [0.2, 0.25) is 0 Å². The quantitative estimate of drug-likeness (QED) is 0.891. The van der Waals surface area contributed by atoms with Gasteiger partial charge in [-0.3, -0.25) is 9.88 Å². The van der Waals surface area contributed by atoms with E-state index in [1.54, 1.807) is 12.4 Å². The van der Waals surface area contributed by atoms with Crippen LogP contribution in [0.1, 0.15) is 26.2 Å². The Bertz CT molecular complexity index is 608. The van der Waals surface area contributed by atoms with Crippen LogP contribution in [-0.2, 0) is 4.74 Å². The zero-order valence-corrected chi connectivity index (χ0v) is 16.2. The number of aromatic nitrogens is 1. The molecule has 26 heavy (non-hydrogen) atoms. The lowest BCUT2D eigenvalue weighted by Crippen LogP contribution is -2.59. The third-order valence-corrected chi connectivity index (χ3v) is 5.84. The smallest absolute Gasteiger partial charge is 0.321 e. The molecule has 2 aliphatic rings. The minimum Gasteiger partial charge on any atom is -0.379 e. The maximum Gasteiger partial charge on any atom is 0.321 e. The zero-order chi connectivity index (χ0) is 18.6. The molecule has 3 rings (SSSR count). The van der Waals surface area contributed by atoms with Crippen LogP contribution in [0.25, 0.3) is 0 Å². The summed E-state index contributed by atoms with van der Waals surface area (Å²) in [6, 6.07) is 1.83.